The second-order valence-corrected chi connectivity index (χ2v) is 9.17. The van der Waals surface area contributed by atoms with Gasteiger partial charge in [-0.2, -0.15) is 0 Å². The molecule has 0 amide bonds. The van der Waals surface area contributed by atoms with Crippen LogP contribution in [0, 0.1) is 13.8 Å². The maximum atomic E-state index is 5.90. The monoisotopic (exact) mass is 468 g/mol. The Hall–Kier alpha value is -3.71. The summed E-state index contributed by atoms with van der Waals surface area (Å²) in [5.74, 6) is 0. The standard InChI is InChI=1S/C27H28N6S/c1-18-16-23(19(2)32(18)22-8-7-14-28-17-22)26-25(24-9-5-6-15-29-24)30-27(34)33(26)21-12-10-20(11-13-21)31(3)4/h5-17,25-26H,1-4H3,(H,30,34). The van der Waals surface area contributed by atoms with Gasteiger partial charge in [0.15, 0.2) is 5.11 Å². The highest BCUT2D eigenvalue weighted by atomic mass is 32.1. The number of anilines is 2. The highest BCUT2D eigenvalue weighted by Gasteiger charge is 2.42. The Balaban J connectivity index is 1.65. The predicted octanol–water partition coefficient (Wildman–Crippen LogP) is 5.13. The van der Waals surface area contributed by atoms with E-state index < -0.39 is 0 Å². The largest absolute Gasteiger partial charge is 0.378 e. The Morgan fingerprint density at radius 3 is 2.38 bits per heavy atom. The molecule has 1 aliphatic heterocycles. The third kappa shape index (κ3) is 3.82. The van der Waals surface area contributed by atoms with E-state index >= 15 is 0 Å². The van der Waals surface area contributed by atoms with Gasteiger partial charge in [-0.3, -0.25) is 9.97 Å². The fourth-order valence-electron chi connectivity index (χ4n) is 4.83. The molecule has 1 aromatic carbocycles. The Kier molecular flexibility index (Phi) is 5.79. The molecule has 7 heteroatoms. The van der Waals surface area contributed by atoms with E-state index in [2.05, 4.69) is 86.0 Å². The minimum Gasteiger partial charge on any atom is -0.378 e. The third-order valence-electron chi connectivity index (χ3n) is 6.44. The van der Waals surface area contributed by atoms with Crippen LogP contribution in [0.3, 0.4) is 0 Å². The molecule has 0 spiro atoms. The van der Waals surface area contributed by atoms with Crippen molar-refractivity contribution in [2.24, 2.45) is 0 Å². The smallest absolute Gasteiger partial charge is 0.174 e. The topological polar surface area (TPSA) is 49.2 Å². The molecule has 6 nitrogen and oxygen atoms in total. The lowest BCUT2D eigenvalue weighted by Crippen LogP contribution is -2.29. The molecule has 1 aliphatic rings. The number of benzene rings is 1. The fraction of sp³-hybridized carbons (Fsp3) is 0.222. The lowest BCUT2D eigenvalue weighted by Gasteiger charge is -2.28. The van der Waals surface area contributed by atoms with Crippen molar-refractivity contribution in [3.05, 3.63) is 102 Å². The molecule has 0 bridgehead atoms. The molecule has 34 heavy (non-hydrogen) atoms. The molecular formula is C27H28N6S. The van der Waals surface area contributed by atoms with Crippen molar-refractivity contribution in [1.29, 1.82) is 0 Å². The first-order valence-electron chi connectivity index (χ1n) is 11.3. The van der Waals surface area contributed by atoms with Crippen LogP contribution < -0.4 is 15.1 Å². The molecule has 1 fully saturated rings. The average Bonchev–Trinajstić information content (AvgIpc) is 3.35. The van der Waals surface area contributed by atoms with Gasteiger partial charge in [0.2, 0.25) is 0 Å². The third-order valence-corrected chi connectivity index (χ3v) is 6.75. The average molecular weight is 469 g/mol. The lowest BCUT2D eigenvalue weighted by atomic mass is 9.96. The molecule has 1 N–H and O–H groups in total. The van der Waals surface area contributed by atoms with Gasteiger partial charge in [-0.05, 0) is 86.2 Å². The number of pyridine rings is 2. The number of rotatable bonds is 5. The second-order valence-electron chi connectivity index (χ2n) is 8.78. The number of hydrogen-bond donors (Lipinski definition) is 1. The molecule has 0 radical (unpaired) electrons. The van der Waals surface area contributed by atoms with Crippen LogP contribution in [0.5, 0.6) is 0 Å². The zero-order valence-corrected chi connectivity index (χ0v) is 20.6. The van der Waals surface area contributed by atoms with Crippen LogP contribution in [0.25, 0.3) is 5.69 Å². The zero-order chi connectivity index (χ0) is 23.8. The summed E-state index contributed by atoms with van der Waals surface area (Å²) >= 11 is 5.90. The van der Waals surface area contributed by atoms with Gasteiger partial charge in [0.1, 0.15) is 0 Å². The molecular weight excluding hydrogens is 440 g/mol. The molecule has 172 valence electrons. The van der Waals surface area contributed by atoms with Crippen LogP contribution in [0.15, 0.2) is 79.3 Å². The van der Waals surface area contributed by atoms with E-state index in [1.807, 2.05) is 44.7 Å². The number of nitrogens with one attached hydrogen (secondary N) is 1. The zero-order valence-electron chi connectivity index (χ0n) is 19.8. The van der Waals surface area contributed by atoms with Crippen molar-refractivity contribution in [3.63, 3.8) is 0 Å². The normalized spacial score (nSPS) is 17.6. The van der Waals surface area contributed by atoms with Gasteiger partial charge in [-0.1, -0.05) is 6.07 Å². The number of hydrogen-bond acceptors (Lipinski definition) is 4. The van der Waals surface area contributed by atoms with Gasteiger partial charge in [-0.15, -0.1) is 0 Å². The summed E-state index contributed by atoms with van der Waals surface area (Å²) in [7, 11) is 4.09. The SMILES string of the molecule is Cc1cc(C2C(c3ccccn3)NC(=S)N2c2ccc(N(C)C)cc2)c(C)n1-c1cccnc1. The first-order chi connectivity index (χ1) is 16.5. The Morgan fingerprint density at radius 2 is 1.74 bits per heavy atom. The first-order valence-corrected chi connectivity index (χ1v) is 11.7. The summed E-state index contributed by atoms with van der Waals surface area (Å²) in [6.45, 7) is 4.30. The van der Waals surface area contributed by atoms with Gasteiger partial charge in [0.25, 0.3) is 0 Å². The quantitative estimate of drug-likeness (QED) is 0.410. The molecule has 2 atom stereocenters. The van der Waals surface area contributed by atoms with Gasteiger partial charge >= 0.3 is 0 Å². The molecule has 3 aromatic heterocycles. The summed E-state index contributed by atoms with van der Waals surface area (Å²) < 4.78 is 2.26. The van der Waals surface area contributed by atoms with Crippen LogP contribution in [0.2, 0.25) is 0 Å². The van der Waals surface area contributed by atoms with Gasteiger partial charge < -0.3 is 19.7 Å². The van der Waals surface area contributed by atoms with E-state index in [9.17, 15) is 0 Å². The van der Waals surface area contributed by atoms with Crippen molar-refractivity contribution in [3.8, 4) is 5.69 Å². The fourth-order valence-corrected chi connectivity index (χ4v) is 5.18. The summed E-state index contributed by atoms with van der Waals surface area (Å²) in [4.78, 5) is 13.3. The Morgan fingerprint density at radius 1 is 0.941 bits per heavy atom. The summed E-state index contributed by atoms with van der Waals surface area (Å²) in [5.41, 5.74) is 7.74. The van der Waals surface area contributed by atoms with E-state index in [0.29, 0.717) is 5.11 Å². The van der Waals surface area contributed by atoms with E-state index in [1.165, 1.54) is 5.56 Å². The number of nitrogens with zero attached hydrogens (tertiary/aromatic N) is 5. The van der Waals surface area contributed by atoms with Gasteiger partial charge in [0.05, 0.1) is 29.7 Å². The van der Waals surface area contributed by atoms with E-state index in [0.717, 1.165) is 34.1 Å². The molecule has 2 unspecified atom stereocenters. The number of aryl methyl sites for hydroxylation is 1. The Bertz CT molecular complexity index is 1300. The first kappa shape index (κ1) is 22.1. The highest BCUT2D eigenvalue weighted by molar-refractivity contribution is 7.80. The Labute approximate surface area is 205 Å². The van der Waals surface area contributed by atoms with E-state index in [1.54, 1.807) is 6.20 Å². The van der Waals surface area contributed by atoms with Crippen LogP contribution in [-0.4, -0.2) is 33.7 Å². The highest BCUT2D eigenvalue weighted by Crippen LogP contribution is 2.43. The molecule has 5 rings (SSSR count). The van der Waals surface area contributed by atoms with Crippen molar-refractivity contribution in [2.75, 3.05) is 23.9 Å². The van der Waals surface area contributed by atoms with Gasteiger partial charge in [0, 0.05) is 49.3 Å². The molecule has 0 aliphatic carbocycles. The van der Waals surface area contributed by atoms with Crippen molar-refractivity contribution in [1.82, 2.24) is 19.9 Å². The molecule has 0 saturated carbocycles. The summed E-state index contributed by atoms with van der Waals surface area (Å²) in [6, 6.07) is 20.7. The molecule has 4 aromatic rings. The van der Waals surface area contributed by atoms with Crippen molar-refractivity contribution in [2.45, 2.75) is 25.9 Å². The van der Waals surface area contributed by atoms with Crippen molar-refractivity contribution < 1.29 is 0 Å². The minimum absolute atomic E-state index is 0.0516. The number of aromatic nitrogens is 3. The van der Waals surface area contributed by atoms with Crippen LogP contribution in [-0.2, 0) is 0 Å². The summed E-state index contributed by atoms with van der Waals surface area (Å²) in [5, 5.41) is 4.26. The predicted molar refractivity (Wildman–Crippen MR) is 142 cm³/mol. The van der Waals surface area contributed by atoms with E-state index in [-0.39, 0.29) is 12.1 Å². The molecule has 1 saturated heterocycles. The lowest BCUT2D eigenvalue weighted by molar-refractivity contribution is 0.565. The number of thiocarbonyl (C=S) groups is 1. The van der Waals surface area contributed by atoms with Gasteiger partial charge in [-0.25, -0.2) is 0 Å². The second kappa shape index (κ2) is 8.91. The maximum Gasteiger partial charge on any atom is 0.174 e. The van der Waals surface area contributed by atoms with Crippen LogP contribution in [0.1, 0.15) is 34.7 Å². The minimum atomic E-state index is -0.0786. The van der Waals surface area contributed by atoms with Crippen LogP contribution >= 0.6 is 12.2 Å². The maximum absolute atomic E-state index is 5.90. The summed E-state index contributed by atoms with van der Waals surface area (Å²) in [6.07, 6.45) is 5.54. The van der Waals surface area contributed by atoms with Crippen molar-refractivity contribution >= 4 is 28.7 Å². The van der Waals surface area contributed by atoms with Crippen LogP contribution in [0.4, 0.5) is 11.4 Å². The van der Waals surface area contributed by atoms with E-state index in [4.69, 9.17) is 12.2 Å². The molecule has 4 heterocycles.